The van der Waals surface area contributed by atoms with Gasteiger partial charge in [0.2, 0.25) is 10.0 Å². The van der Waals surface area contributed by atoms with E-state index in [9.17, 15) is 13.2 Å². The topological polar surface area (TPSA) is 69.7 Å². The molecule has 8 heteroatoms. The fourth-order valence-corrected chi connectivity index (χ4v) is 6.22. The Morgan fingerprint density at radius 3 is 2.10 bits per heavy atom. The zero-order valence-corrected chi connectivity index (χ0v) is 19.1. The van der Waals surface area contributed by atoms with Gasteiger partial charge in [-0.25, -0.2) is 8.42 Å². The Labute approximate surface area is 189 Å². The van der Waals surface area contributed by atoms with Gasteiger partial charge in [0.15, 0.2) is 0 Å². The molecule has 0 bridgehead atoms. The summed E-state index contributed by atoms with van der Waals surface area (Å²) >= 11 is 6.24. The quantitative estimate of drug-likeness (QED) is 0.697. The highest BCUT2D eigenvalue weighted by Crippen LogP contribution is 2.28. The minimum absolute atomic E-state index is 0.00639. The summed E-state index contributed by atoms with van der Waals surface area (Å²) in [5.74, 6) is -0.363. The predicted molar refractivity (Wildman–Crippen MR) is 125 cm³/mol. The molecule has 0 atom stereocenters. The second kappa shape index (κ2) is 9.59. The number of benzene rings is 2. The number of nitrogens with one attached hydrogen (secondary N) is 1. The third-order valence-corrected chi connectivity index (χ3v) is 8.35. The van der Waals surface area contributed by atoms with Gasteiger partial charge in [0.25, 0.3) is 5.91 Å². The van der Waals surface area contributed by atoms with Gasteiger partial charge in [0.1, 0.15) is 4.90 Å². The average Bonchev–Trinajstić information content (AvgIpc) is 3.16. The maximum atomic E-state index is 13.2. The number of carbonyl (C=O) groups is 1. The summed E-state index contributed by atoms with van der Waals surface area (Å²) in [5, 5.41) is 2.99. The fourth-order valence-electron chi connectivity index (χ4n) is 4.20. The molecule has 2 fully saturated rings. The molecule has 2 aromatic rings. The van der Waals surface area contributed by atoms with Crippen LogP contribution < -0.4 is 10.2 Å². The molecular formula is C23H28ClN3O3S. The number of halogens is 1. The van der Waals surface area contributed by atoms with Crippen LogP contribution in [-0.2, 0) is 10.0 Å². The first-order valence-corrected chi connectivity index (χ1v) is 12.7. The van der Waals surface area contributed by atoms with Crippen LogP contribution in [0.1, 0.15) is 48.9 Å². The van der Waals surface area contributed by atoms with Gasteiger partial charge in [0, 0.05) is 43.1 Å². The van der Waals surface area contributed by atoms with Crippen molar-refractivity contribution in [3.63, 3.8) is 0 Å². The smallest absolute Gasteiger partial charge is 0.255 e. The van der Waals surface area contributed by atoms with Crippen molar-refractivity contribution in [3.05, 3.63) is 53.1 Å². The van der Waals surface area contributed by atoms with E-state index in [1.807, 2.05) is 24.3 Å². The molecule has 0 aliphatic carbocycles. The molecule has 0 spiro atoms. The first-order chi connectivity index (χ1) is 14.9. The Bertz CT molecular complexity index is 1030. The highest BCUT2D eigenvalue weighted by Gasteiger charge is 2.28. The van der Waals surface area contributed by atoms with Crippen molar-refractivity contribution in [2.75, 3.05) is 36.4 Å². The van der Waals surface area contributed by atoms with Crippen molar-refractivity contribution in [2.24, 2.45) is 0 Å². The number of rotatable bonds is 5. The number of carbonyl (C=O) groups excluding carboxylic acids is 1. The fraction of sp³-hybridized carbons (Fsp3) is 0.435. The van der Waals surface area contributed by atoms with E-state index in [4.69, 9.17) is 11.6 Å². The van der Waals surface area contributed by atoms with Gasteiger partial charge in [0.05, 0.1) is 5.02 Å². The van der Waals surface area contributed by atoms with Crippen LogP contribution in [-0.4, -0.2) is 44.8 Å². The summed E-state index contributed by atoms with van der Waals surface area (Å²) in [5.41, 5.74) is 2.08. The van der Waals surface area contributed by atoms with Gasteiger partial charge in [-0.15, -0.1) is 0 Å². The lowest BCUT2D eigenvalue weighted by molar-refractivity contribution is 0.102. The molecule has 1 amide bonds. The van der Waals surface area contributed by atoms with Gasteiger partial charge in [-0.3, -0.25) is 4.79 Å². The molecule has 4 rings (SSSR count). The first kappa shape index (κ1) is 22.1. The summed E-state index contributed by atoms with van der Waals surface area (Å²) in [6, 6.07) is 12.2. The van der Waals surface area contributed by atoms with Crippen molar-refractivity contribution in [1.29, 1.82) is 0 Å². The molecule has 2 aliphatic heterocycles. The van der Waals surface area contributed by atoms with Crippen molar-refractivity contribution in [3.8, 4) is 0 Å². The summed E-state index contributed by atoms with van der Waals surface area (Å²) in [6.07, 6.45) is 6.14. The van der Waals surface area contributed by atoms with Crippen LogP contribution in [0.2, 0.25) is 5.02 Å². The Kier molecular flexibility index (Phi) is 6.84. The zero-order chi connectivity index (χ0) is 21.8. The number of amides is 1. The molecule has 6 nitrogen and oxygen atoms in total. The minimum atomic E-state index is -3.74. The minimum Gasteiger partial charge on any atom is -0.372 e. The third kappa shape index (κ3) is 5.05. The van der Waals surface area contributed by atoms with Crippen molar-refractivity contribution in [2.45, 2.75) is 43.4 Å². The molecule has 2 aromatic carbocycles. The van der Waals surface area contributed by atoms with Crippen LogP contribution >= 0.6 is 11.6 Å². The van der Waals surface area contributed by atoms with E-state index >= 15 is 0 Å². The highest BCUT2D eigenvalue weighted by atomic mass is 35.5. The Morgan fingerprint density at radius 1 is 0.839 bits per heavy atom. The molecule has 0 unspecified atom stereocenters. The van der Waals surface area contributed by atoms with Gasteiger partial charge >= 0.3 is 0 Å². The Hall–Kier alpha value is -2.09. The maximum absolute atomic E-state index is 13.2. The standard InChI is InChI=1S/C23H28ClN3O3S/c24-21-12-7-18(17-22(21)31(29,30)27-15-3-1-2-4-16-27)23(28)25-19-8-10-20(11-9-19)26-13-5-6-14-26/h7-12,17H,1-6,13-16H2,(H,25,28). The van der Waals surface area contributed by atoms with Crippen LogP contribution in [0.25, 0.3) is 0 Å². The van der Waals surface area contributed by atoms with Gasteiger partial charge in [-0.2, -0.15) is 4.31 Å². The summed E-state index contributed by atoms with van der Waals surface area (Å²) in [6.45, 7) is 3.09. The molecule has 0 aromatic heterocycles. The van der Waals surface area contributed by atoms with Gasteiger partial charge < -0.3 is 10.2 Å². The Morgan fingerprint density at radius 2 is 1.45 bits per heavy atom. The number of hydrogen-bond donors (Lipinski definition) is 1. The molecule has 0 radical (unpaired) electrons. The average molecular weight is 462 g/mol. The van der Waals surface area contributed by atoms with E-state index < -0.39 is 10.0 Å². The number of nitrogens with zero attached hydrogens (tertiary/aromatic N) is 2. The van der Waals surface area contributed by atoms with Gasteiger partial charge in [-0.05, 0) is 68.1 Å². The van der Waals surface area contributed by atoms with Crippen LogP contribution in [0.3, 0.4) is 0 Å². The van der Waals surface area contributed by atoms with Crippen LogP contribution in [0, 0.1) is 0 Å². The van der Waals surface area contributed by atoms with E-state index in [1.165, 1.54) is 29.3 Å². The van der Waals surface area contributed by atoms with Crippen molar-refractivity contribution >= 4 is 38.9 Å². The van der Waals surface area contributed by atoms with E-state index in [2.05, 4.69) is 10.2 Å². The molecule has 31 heavy (non-hydrogen) atoms. The number of sulfonamides is 1. The molecule has 2 aliphatic rings. The Balaban J connectivity index is 1.51. The molecule has 2 heterocycles. The molecule has 0 saturated carbocycles. The van der Waals surface area contributed by atoms with Crippen molar-refractivity contribution in [1.82, 2.24) is 4.31 Å². The molecular weight excluding hydrogens is 434 g/mol. The lowest BCUT2D eigenvalue weighted by atomic mass is 10.2. The first-order valence-electron chi connectivity index (χ1n) is 10.9. The summed E-state index contributed by atoms with van der Waals surface area (Å²) in [4.78, 5) is 15.1. The monoisotopic (exact) mass is 461 g/mol. The van der Waals surface area contributed by atoms with Crippen LogP contribution in [0.15, 0.2) is 47.4 Å². The lowest BCUT2D eigenvalue weighted by Crippen LogP contribution is -2.32. The predicted octanol–water partition coefficient (Wildman–Crippen LogP) is 4.76. The highest BCUT2D eigenvalue weighted by molar-refractivity contribution is 7.89. The van der Waals surface area contributed by atoms with Crippen LogP contribution in [0.4, 0.5) is 11.4 Å². The number of hydrogen-bond acceptors (Lipinski definition) is 4. The van der Waals surface area contributed by atoms with E-state index in [-0.39, 0.29) is 21.4 Å². The third-order valence-electron chi connectivity index (χ3n) is 5.97. The number of anilines is 2. The van der Waals surface area contributed by atoms with E-state index in [0.29, 0.717) is 18.8 Å². The van der Waals surface area contributed by atoms with E-state index in [1.54, 1.807) is 6.07 Å². The van der Waals surface area contributed by atoms with Crippen molar-refractivity contribution < 1.29 is 13.2 Å². The molecule has 2 saturated heterocycles. The van der Waals surface area contributed by atoms with Crippen LogP contribution in [0.5, 0.6) is 0 Å². The normalized spacial score (nSPS) is 18.0. The maximum Gasteiger partial charge on any atom is 0.255 e. The molecule has 166 valence electrons. The SMILES string of the molecule is O=C(Nc1ccc(N2CCCC2)cc1)c1ccc(Cl)c(S(=O)(=O)N2CCCCCC2)c1. The summed E-state index contributed by atoms with van der Waals surface area (Å²) in [7, 11) is -3.74. The second-order valence-electron chi connectivity index (χ2n) is 8.16. The molecule has 1 N–H and O–H groups in total. The van der Waals surface area contributed by atoms with Gasteiger partial charge in [-0.1, -0.05) is 24.4 Å². The lowest BCUT2D eigenvalue weighted by Gasteiger charge is -2.21. The largest absolute Gasteiger partial charge is 0.372 e. The summed E-state index contributed by atoms with van der Waals surface area (Å²) < 4.78 is 27.8. The second-order valence-corrected chi connectivity index (χ2v) is 10.5. The van der Waals surface area contributed by atoms with E-state index in [0.717, 1.165) is 44.5 Å². The zero-order valence-electron chi connectivity index (χ0n) is 17.5.